The van der Waals surface area contributed by atoms with E-state index in [1.165, 1.54) is 51.4 Å². The molecule has 6 fully saturated rings. The van der Waals surface area contributed by atoms with Gasteiger partial charge in [0.1, 0.15) is 12.1 Å². The van der Waals surface area contributed by atoms with Crippen LogP contribution in [0.2, 0.25) is 0 Å². The number of aromatic nitrogens is 1. The molecule has 2 saturated heterocycles. The Labute approximate surface area is 258 Å². The van der Waals surface area contributed by atoms with Crippen molar-refractivity contribution in [2.24, 2.45) is 52.3 Å². The number of rotatable bonds is 5. The molecule has 3 heterocycles. The van der Waals surface area contributed by atoms with Crippen LogP contribution < -0.4 is 16.0 Å². The lowest BCUT2D eigenvalue weighted by atomic mass is 9.44. The molecular weight excluding hydrogens is 536 g/mol. The van der Waals surface area contributed by atoms with Gasteiger partial charge < -0.3 is 15.4 Å². The molecule has 12 atom stereocenters. The lowest BCUT2D eigenvalue weighted by molar-refractivity contribution is -0.137. The first kappa shape index (κ1) is 29.7. The second-order valence-electron chi connectivity index (χ2n) is 16.1. The van der Waals surface area contributed by atoms with Gasteiger partial charge in [-0.2, -0.15) is 0 Å². The van der Waals surface area contributed by atoms with Crippen LogP contribution in [0.5, 0.6) is 0 Å². The van der Waals surface area contributed by atoms with Gasteiger partial charge in [0, 0.05) is 24.7 Å². The lowest BCUT2D eigenvalue weighted by Crippen LogP contribution is -2.58. The van der Waals surface area contributed by atoms with Crippen molar-refractivity contribution >= 4 is 11.8 Å². The zero-order valence-electron chi connectivity index (χ0n) is 26.9. The minimum Gasteiger partial charge on any atom is -0.357 e. The third-order valence-corrected chi connectivity index (χ3v) is 14.0. The van der Waals surface area contributed by atoms with E-state index >= 15 is 0 Å². The van der Waals surface area contributed by atoms with E-state index < -0.39 is 0 Å². The first-order valence-corrected chi connectivity index (χ1v) is 17.5. The SMILES string of the molecule is C[C@@H]1CC[C@@]2(NC1)O[C@H]1C[C@H]3[C@@H]4CC[C@@H]5CC(NC(=O)CC(=O)NCc6ccccn6)CC[C@]5(C)[C@H]4CC[C@]3(C)[C@H]1[C@@H]2C. The molecule has 7 heteroatoms. The smallest absolute Gasteiger partial charge is 0.229 e. The Bertz CT molecular complexity index is 1200. The molecule has 7 rings (SSSR count). The molecule has 43 heavy (non-hydrogen) atoms. The Balaban J connectivity index is 0.952. The molecule has 7 nitrogen and oxygen atoms in total. The lowest BCUT2D eigenvalue weighted by Gasteiger charge is -2.61. The fraction of sp³-hybridized carbons (Fsp3) is 0.806. The molecule has 0 radical (unpaired) electrons. The van der Waals surface area contributed by atoms with Crippen molar-refractivity contribution in [3.63, 3.8) is 0 Å². The van der Waals surface area contributed by atoms with Crippen molar-refractivity contribution < 1.29 is 14.3 Å². The fourth-order valence-corrected chi connectivity index (χ4v) is 11.8. The number of carbonyl (C=O) groups excluding carboxylic acids is 2. The number of nitrogens with zero attached hydrogens (tertiary/aromatic N) is 1. The molecule has 4 saturated carbocycles. The summed E-state index contributed by atoms with van der Waals surface area (Å²) in [5.41, 5.74) is 1.46. The van der Waals surface area contributed by atoms with Gasteiger partial charge >= 0.3 is 0 Å². The monoisotopic (exact) mass is 590 g/mol. The number of hydrogen-bond acceptors (Lipinski definition) is 5. The van der Waals surface area contributed by atoms with Gasteiger partial charge in [0.2, 0.25) is 11.8 Å². The van der Waals surface area contributed by atoms with Crippen LogP contribution in [0.25, 0.3) is 0 Å². The highest BCUT2D eigenvalue weighted by Crippen LogP contribution is 2.71. The van der Waals surface area contributed by atoms with Crippen molar-refractivity contribution in [1.82, 2.24) is 20.9 Å². The van der Waals surface area contributed by atoms with E-state index in [1.54, 1.807) is 6.20 Å². The van der Waals surface area contributed by atoms with E-state index in [0.717, 1.165) is 48.8 Å². The number of piperidine rings is 1. The molecule has 6 aliphatic rings. The van der Waals surface area contributed by atoms with Crippen LogP contribution in [0.3, 0.4) is 0 Å². The molecule has 3 N–H and O–H groups in total. The summed E-state index contributed by atoms with van der Waals surface area (Å²) >= 11 is 0. The van der Waals surface area contributed by atoms with Gasteiger partial charge in [0.15, 0.2) is 0 Å². The number of ether oxygens (including phenoxy) is 1. The molecule has 1 unspecified atom stereocenters. The van der Waals surface area contributed by atoms with Crippen molar-refractivity contribution in [1.29, 1.82) is 0 Å². The van der Waals surface area contributed by atoms with Gasteiger partial charge in [0.05, 0.1) is 18.3 Å². The molecular formula is C36H54N4O3. The average molecular weight is 591 g/mol. The van der Waals surface area contributed by atoms with E-state index in [1.807, 2.05) is 18.2 Å². The van der Waals surface area contributed by atoms with Gasteiger partial charge in [-0.3, -0.25) is 19.9 Å². The summed E-state index contributed by atoms with van der Waals surface area (Å²) in [6.45, 7) is 11.6. The highest BCUT2D eigenvalue weighted by Gasteiger charge is 2.68. The van der Waals surface area contributed by atoms with Crippen molar-refractivity contribution in [2.75, 3.05) is 6.54 Å². The standard InChI is InChI=1S/C36H54N4O3/c1-22-10-15-36(39-20-22)23(2)33-30(43-36)18-29-27-9-8-24-17-25(11-13-34(24,3)28(27)12-14-35(29,33)4)40-32(42)19-31(41)38-21-26-7-5-6-16-37-26/h5-7,16,22-25,27-30,33,39H,8-15,17-21H2,1-4H3,(H,38,41)(H,40,42)/t22-,23+,24-,25?,27-,28+,29+,30+,33+,34+,35+,36-/m1/s1. The van der Waals surface area contributed by atoms with Crippen molar-refractivity contribution in [3.8, 4) is 0 Å². The minimum absolute atomic E-state index is 0.0844. The van der Waals surface area contributed by atoms with Crippen LogP contribution in [0.1, 0.15) is 104 Å². The maximum absolute atomic E-state index is 12.8. The second-order valence-corrected chi connectivity index (χ2v) is 16.1. The molecule has 236 valence electrons. The molecule has 1 aromatic rings. The average Bonchev–Trinajstić information content (AvgIpc) is 3.44. The predicted molar refractivity (Wildman–Crippen MR) is 166 cm³/mol. The zero-order chi connectivity index (χ0) is 30.0. The Hall–Kier alpha value is -1.99. The van der Waals surface area contributed by atoms with Crippen LogP contribution >= 0.6 is 0 Å². The summed E-state index contributed by atoms with van der Waals surface area (Å²) < 4.78 is 7.08. The van der Waals surface area contributed by atoms with Gasteiger partial charge in [-0.25, -0.2) is 0 Å². The number of amides is 2. The summed E-state index contributed by atoms with van der Waals surface area (Å²) in [7, 11) is 0. The van der Waals surface area contributed by atoms with Crippen LogP contribution in [0.15, 0.2) is 24.4 Å². The van der Waals surface area contributed by atoms with Gasteiger partial charge in [-0.05, 0) is 123 Å². The first-order chi connectivity index (χ1) is 20.6. The highest BCUT2D eigenvalue weighted by atomic mass is 16.5. The van der Waals surface area contributed by atoms with Crippen LogP contribution in [0.4, 0.5) is 0 Å². The molecule has 2 amide bonds. The second kappa shape index (κ2) is 11.1. The summed E-state index contributed by atoms with van der Waals surface area (Å²) in [5.74, 6) is 4.65. The van der Waals surface area contributed by atoms with E-state index in [2.05, 4.69) is 48.6 Å². The molecule has 1 aromatic heterocycles. The summed E-state index contributed by atoms with van der Waals surface area (Å²) in [4.78, 5) is 29.4. The van der Waals surface area contributed by atoms with E-state index in [9.17, 15) is 9.59 Å². The van der Waals surface area contributed by atoms with Crippen molar-refractivity contribution in [2.45, 2.75) is 123 Å². The summed E-state index contributed by atoms with van der Waals surface area (Å²) in [6, 6.07) is 5.80. The van der Waals surface area contributed by atoms with Crippen LogP contribution in [-0.4, -0.2) is 41.2 Å². The summed E-state index contributed by atoms with van der Waals surface area (Å²) in [6.07, 6.45) is 14.3. The Kier molecular flexibility index (Phi) is 7.68. The highest BCUT2D eigenvalue weighted by molar-refractivity contribution is 5.96. The largest absolute Gasteiger partial charge is 0.357 e. The number of pyridine rings is 1. The van der Waals surface area contributed by atoms with E-state index in [-0.39, 0.29) is 30.0 Å². The van der Waals surface area contributed by atoms with Crippen molar-refractivity contribution in [3.05, 3.63) is 30.1 Å². The Morgan fingerprint density at radius 3 is 2.58 bits per heavy atom. The zero-order valence-corrected chi connectivity index (χ0v) is 26.9. The third kappa shape index (κ3) is 5.05. The van der Waals surface area contributed by atoms with Gasteiger partial charge in [-0.1, -0.05) is 33.8 Å². The topological polar surface area (TPSA) is 92.4 Å². The van der Waals surface area contributed by atoms with Gasteiger partial charge in [0.25, 0.3) is 0 Å². The van der Waals surface area contributed by atoms with Crippen LogP contribution in [0, 0.1) is 52.3 Å². The molecule has 1 spiro atoms. The Morgan fingerprint density at radius 1 is 0.977 bits per heavy atom. The minimum atomic E-state index is -0.242. The van der Waals surface area contributed by atoms with E-state index in [0.29, 0.717) is 41.2 Å². The normalized spacial score (nSPS) is 46.7. The van der Waals surface area contributed by atoms with Gasteiger partial charge in [-0.15, -0.1) is 0 Å². The quantitative estimate of drug-likeness (QED) is 0.389. The number of hydrogen-bond donors (Lipinski definition) is 3. The fourth-order valence-electron chi connectivity index (χ4n) is 11.8. The number of nitrogens with one attached hydrogen (secondary N) is 3. The maximum Gasteiger partial charge on any atom is 0.229 e. The maximum atomic E-state index is 12.8. The predicted octanol–water partition coefficient (Wildman–Crippen LogP) is 5.59. The first-order valence-electron chi connectivity index (χ1n) is 17.5. The number of fused-ring (bicyclic) bond motifs is 7. The molecule has 2 aliphatic heterocycles. The molecule has 0 aromatic carbocycles. The third-order valence-electron chi connectivity index (χ3n) is 14.0. The number of carbonyl (C=O) groups is 2. The van der Waals surface area contributed by atoms with Crippen LogP contribution in [-0.2, 0) is 20.9 Å². The molecule has 0 bridgehead atoms. The van der Waals surface area contributed by atoms with E-state index in [4.69, 9.17) is 4.74 Å². The molecule has 4 aliphatic carbocycles. The summed E-state index contributed by atoms with van der Waals surface area (Å²) in [5, 5.41) is 9.97. The Morgan fingerprint density at radius 2 is 1.81 bits per heavy atom.